The molecule has 1 aromatic heterocycles. The average Bonchev–Trinajstić information content (AvgIpc) is 2.22. The van der Waals surface area contributed by atoms with E-state index in [9.17, 15) is 9.18 Å². The van der Waals surface area contributed by atoms with Crippen molar-refractivity contribution in [2.45, 2.75) is 13.8 Å². The van der Waals surface area contributed by atoms with E-state index < -0.39 is 5.82 Å². The normalized spacial score (nSPS) is 10.4. The Labute approximate surface area is 92.3 Å². The SMILES string of the molecule is CC(=O)Nc1c(F)ccc2nc(C)ccc12. The van der Waals surface area contributed by atoms with E-state index in [1.807, 2.05) is 6.92 Å². The molecule has 1 aromatic carbocycles. The van der Waals surface area contributed by atoms with Gasteiger partial charge in [-0.15, -0.1) is 0 Å². The predicted octanol–water partition coefficient (Wildman–Crippen LogP) is 2.64. The molecule has 0 aliphatic carbocycles. The highest BCUT2D eigenvalue weighted by atomic mass is 19.1. The third-order valence-electron chi connectivity index (χ3n) is 2.26. The number of pyridine rings is 1. The maximum absolute atomic E-state index is 13.5. The van der Waals surface area contributed by atoms with Crippen LogP contribution >= 0.6 is 0 Å². The van der Waals surface area contributed by atoms with E-state index >= 15 is 0 Å². The third-order valence-corrected chi connectivity index (χ3v) is 2.26. The lowest BCUT2D eigenvalue weighted by atomic mass is 10.1. The van der Waals surface area contributed by atoms with Crippen LogP contribution in [0.2, 0.25) is 0 Å². The van der Waals surface area contributed by atoms with Crippen molar-refractivity contribution >= 4 is 22.5 Å². The Morgan fingerprint density at radius 1 is 1.31 bits per heavy atom. The smallest absolute Gasteiger partial charge is 0.221 e. The molecular weight excluding hydrogens is 207 g/mol. The van der Waals surface area contributed by atoms with Gasteiger partial charge in [0.15, 0.2) is 0 Å². The van der Waals surface area contributed by atoms with Crippen molar-refractivity contribution < 1.29 is 9.18 Å². The van der Waals surface area contributed by atoms with Gasteiger partial charge in [-0.05, 0) is 31.2 Å². The largest absolute Gasteiger partial charge is 0.323 e. The summed E-state index contributed by atoms with van der Waals surface area (Å²) < 4.78 is 13.5. The number of aromatic nitrogens is 1. The number of halogens is 1. The standard InChI is InChI=1S/C12H11FN2O/c1-7-3-4-9-11(14-7)6-5-10(13)12(9)15-8(2)16/h3-6H,1-2H3,(H,15,16). The molecular formula is C12H11FN2O. The average molecular weight is 218 g/mol. The monoisotopic (exact) mass is 218 g/mol. The van der Waals surface area contributed by atoms with Crippen LogP contribution in [0.4, 0.5) is 10.1 Å². The molecule has 3 nitrogen and oxygen atoms in total. The molecule has 4 heteroatoms. The molecule has 0 unspecified atom stereocenters. The molecule has 0 radical (unpaired) electrons. The topological polar surface area (TPSA) is 42.0 Å². The van der Waals surface area contributed by atoms with Gasteiger partial charge in [-0.1, -0.05) is 0 Å². The number of rotatable bonds is 1. The van der Waals surface area contributed by atoms with Gasteiger partial charge in [0.1, 0.15) is 5.82 Å². The van der Waals surface area contributed by atoms with Crippen molar-refractivity contribution in [2.24, 2.45) is 0 Å². The van der Waals surface area contributed by atoms with Crippen molar-refractivity contribution in [2.75, 3.05) is 5.32 Å². The maximum Gasteiger partial charge on any atom is 0.221 e. The molecule has 0 aliphatic heterocycles. The van der Waals surface area contributed by atoms with Gasteiger partial charge in [-0.25, -0.2) is 4.39 Å². The summed E-state index contributed by atoms with van der Waals surface area (Å²) in [5, 5.41) is 3.09. The van der Waals surface area contributed by atoms with Crippen LogP contribution in [0, 0.1) is 12.7 Å². The Bertz CT molecular complexity index is 566. The van der Waals surface area contributed by atoms with Crippen LogP contribution in [-0.2, 0) is 4.79 Å². The summed E-state index contributed by atoms with van der Waals surface area (Å²) in [5.74, 6) is -0.750. The lowest BCUT2D eigenvalue weighted by molar-refractivity contribution is -0.114. The van der Waals surface area contributed by atoms with Gasteiger partial charge < -0.3 is 5.32 Å². The second kappa shape index (κ2) is 3.89. The van der Waals surface area contributed by atoms with Gasteiger partial charge in [0.05, 0.1) is 11.2 Å². The van der Waals surface area contributed by atoms with Gasteiger partial charge in [-0.3, -0.25) is 9.78 Å². The number of carbonyl (C=O) groups is 1. The molecule has 82 valence electrons. The molecule has 1 N–H and O–H groups in total. The molecule has 0 saturated carbocycles. The fourth-order valence-corrected chi connectivity index (χ4v) is 1.58. The van der Waals surface area contributed by atoms with E-state index in [1.165, 1.54) is 13.0 Å². The molecule has 0 atom stereocenters. The van der Waals surface area contributed by atoms with Crippen LogP contribution in [0.5, 0.6) is 0 Å². The summed E-state index contributed by atoms with van der Waals surface area (Å²) in [4.78, 5) is 15.2. The minimum absolute atomic E-state index is 0.192. The number of carbonyl (C=O) groups excluding carboxylic acids is 1. The zero-order chi connectivity index (χ0) is 11.7. The first kappa shape index (κ1) is 10.5. The Balaban J connectivity index is 2.69. The number of nitrogens with zero attached hydrogens (tertiary/aromatic N) is 1. The van der Waals surface area contributed by atoms with Crippen LogP contribution in [0.25, 0.3) is 10.9 Å². The Morgan fingerprint density at radius 2 is 2.06 bits per heavy atom. The van der Waals surface area contributed by atoms with E-state index in [-0.39, 0.29) is 11.6 Å². The Morgan fingerprint density at radius 3 is 2.75 bits per heavy atom. The number of anilines is 1. The molecule has 0 aliphatic rings. The number of aryl methyl sites for hydroxylation is 1. The van der Waals surface area contributed by atoms with Crippen molar-refractivity contribution in [3.05, 3.63) is 35.8 Å². The highest BCUT2D eigenvalue weighted by Gasteiger charge is 2.09. The second-order valence-electron chi connectivity index (χ2n) is 3.62. The third kappa shape index (κ3) is 1.86. The van der Waals surface area contributed by atoms with E-state index in [1.54, 1.807) is 18.2 Å². The first-order chi connectivity index (χ1) is 7.58. The molecule has 16 heavy (non-hydrogen) atoms. The van der Waals surface area contributed by atoms with Crippen LogP contribution in [0.1, 0.15) is 12.6 Å². The summed E-state index contributed by atoms with van der Waals surface area (Å²) in [6, 6.07) is 6.45. The summed E-state index contributed by atoms with van der Waals surface area (Å²) in [5.41, 5.74) is 1.72. The molecule has 0 bridgehead atoms. The fourth-order valence-electron chi connectivity index (χ4n) is 1.58. The van der Waals surface area contributed by atoms with Gasteiger partial charge in [0.25, 0.3) is 0 Å². The zero-order valence-electron chi connectivity index (χ0n) is 9.04. The summed E-state index contributed by atoms with van der Waals surface area (Å²) in [6.45, 7) is 3.21. The van der Waals surface area contributed by atoms with Crippen molar-refractivity contribution in [1.82, 2.24) is 4.98 Å². The highest BCUT2D eigenvalue weighted by Crippen LogP contribution is 2.25. The van der Waals surface area contributed by atoms with Crippen LogP contribution in [-0.4, -0.2) is 10.9 Å². The first-order valence-electron chi connectivity index (χ1n) is 4.91. The Kier molecular flexibility index (Phi) is 2.56. The summed E-state index contributed by atoms with van der Waals surface area (Å²) in [7, 11) is 0. The van der Waals surface area contributed by atoms with E-state index in [0.29, 0.717) is 10.9 Å². The van der Waals surface area contributed by atoms with Gasteiger partial charge in [-0.2, -0.15) is 0 Å². The summed E-state index contributed by atoms with van der Waals surface area (Å²) >= 11 is 0. The number of fused-ring (bicyclic) bond motifs is 1. The van der Waals surface area contributed by atoms with Crippen molar-refractivity contribution in [1.29, 1.82) is 0 Å². The molecule has 1 amide bonds. The van der Waals surface area contributed by atoms with Crippen molar-refractivity contribution in [3.8, 4) is 0 Å². The fraction of sp³-hybridized carbons (Fsp3) is 0.167. The van der Waals surface area contributed by atoms with Crippen LogP contribution in [0.15, 0.2) is 24.3 Å². The van der Waals surface area contributed by atoms with Crippen LogP contribution in [0.3, 0.4) is 0 Å². The number of amides is 1. The van der Waals surface area contributed by atoms with E-state index in [2.05, 4.69) is 10.3 Å². The predicted molar refractivity (Wildman–Crippen MR) is 60.7 cm³/mol. The van der Waals surface area contributed by atoms with E-state index in [0.717, 1.165) is 5.69 Å². The molecule has 2 rings (SSSR count). The lowest BCUT2D eigenvalue weighted by Gasteiger charge is -2.08. The first-order valence-corrected chi connectivity index (χ1v) is 4.91. The van der Waals surface area contributed by atoms with Gasteiger partial charge in [0, 0.05) is 18.0 Å². The van der Waals surface area contributed by atoms with Crippen molar-refractivity contribution in [3.63, 3.8) is 0 Å². The van der Waals surface area contributed by atoms with Gasteiger partial charge in [0.2, 0.25) is 5.91 Å². The molecule has 2 aromatic rings. The highest BCUT2D eigenvalue weighted by molar-refractivity contribution is 6.00. The number of hydrogen-bond acceptors (Lipinski definition) is 2. The minimum atomic E-state index is -0.451. The lowest BCUT2D eigenvalue weighted by Crippen LogP contribution is -2.08. The summed E-state index contributed by atoms with van der Waals surface area (Å²) in [6.07, 6.45) is 0. The number of benzene rings is 1. The maximum atomic E-state index is 13.5. The molecule has 1 heterocycles. The number of nitrogens with one attached hydrogen (secondary N) is 1. The quantitative estimate of drug-likeness (QED) is 0.799. The Hall–Kier alpha value is -1.97. The second-order valence-corrected chi connectivity index (χ2v) is 3.62. The van der Waals surface area contributed by atoms with Gasteiger partial charge >= 0.3 is 0 Å². The molecule has 0 fully saturated rings. The zero-order valence-corrected chi connectivity index (χ0v) is 9.04. The number of hydrogen-bond donors (Lipinski definition) is 1. The molecule has 0 spiro atoms. The van der Waals surface area contributed by atoms with E-state index in [4.69, 9.17) is 0 Å². The van der Waals surface area contributed by atoms with Crippen LogP contribution < -0.4 is 5.32 Å². The minimum Gasteiger partial charge on any atom is -0.323 e. The molecule has 0 saturated heterocycles.